The van der Waals surface area contributed by atoms with E-state index in [-0.39, 0.29) is 12.1 Å². The van der Waals surface area contributed by atoms with E-state index in [0.717, 1.165) is 12.8 Å². The maximum Gasteiger partial charge on any atom is 0.321 e. The molecule has 1 saturated heterocycles. The minimum Gasteiger partial charge on any atom is -0.472 e. The quantitative estimate of drug-likeness (QED) is 0.923. The van der Waals surface area contributed by atoms with Gasteiger partial charge in [-0.15, -0.1) is 0 Å². The third-order valence-corrected chi connectivity index (χ3v) is 4.01. The van der Waals surface area contributed by atoms with Gasteiger partial charge in [-0.1, -0.05) is 17.7 Å². The second-order valence-corrected chi connectivity index (χ2v) is 6.15. The molecule has 126 valence electrons. The SMILES string of the molecule is Cc1nccc(O[C@H]2CCCN(C(=O)Nc3cccc(Cl)c3)C2)n1. The molecule has 3 rings (SSSR count). The van der Waals surface area contributed by atoms with Crippen molar-refractivity contribution in [3.8, 4) is 5.88 Å². The van der Waals surface area contributed by atoms with E-state index < -0.39 is 0 Å². The van der Waals surface area contributed by atoms with E-state index in [2.05, 4.69) is 15.3 Å². The van der Waals surface area contributed by atoms with Crippen molar-refractivity contribution >= 4 is 23.3 Å². The summed E-state index contributed by atoms with van der Waals surface area (Å²) in [6.07, 6.45) is 3.38. The Balaban J connectivity index is 1.59. The molecule has 0 spiro atoms. The van der Waals surface area contributed by atoms with E-state index in [1.165, 1.54) is 0 Å². The fourth-order valence-electron chi connectivity index (χ4n) is 2.66. The second kappa shape index (κ2) is 7.49. The van der Waals surface area contributed by atoms with E-state index in [1.807, 2.05) is 13.0 Å². The van der Waals surface area contributed by atoms with Gasteiger partial charge in [0.2, 0.25) is 5.88 Å². The van der Waals surface area contributed by atoms with Crippen molar-refractivity contribution in [1.29, 1.82) is 0 Å². The van der Waals surface area contributed by atoms with E-state index in [0.29, 0.717) is 35.5 Å². The molecule has 1 atom stereocenters. The summed E-state index contributed by atoms with van der Waals surface area (Å²) in [5.74, 6) is 1.21. The number of amides is 2. The molecule has 6 nitrogen and oxygen atoms in total. The number of anilines is 1. The highest BCUT2D eigenvalue weighted by atomic mass is 35.5. The molecule has 0 bridgehead atoms. The highest BCUT2D eigenvalue weighted by molar-refractivity contribution is 6.30. The monoisotopic (exact) mass is 346 g/mol. The van der Waals surface area contributed by atoms with Crippen molar-refractivity contribution < 1.29 is 9.53 Å². The summed E-state index contributed by atoms with van der Waals surface area (Å²) in [7, 11) is 0. The minimum absolute atomic E-state index is 0.0711. The summed E-state index contributed by atoms with van der Waals surface area (Å²) >= 11 is 5.94. The first-order valence-corrected chi connectivity index (χ1v) is 8.26. The van der Waals surface area contributed by atoms with Crippen molar-refractivity contribution in [2.45, 2.75) is 25.9 Å². The number of ether oxygens (including phenoxy) is 1. The summed E-state index contributed by atoms with van der Waals surface area (Å²) in [6.45, 7) is 3.04. The van der Waals surface area contributed by atoms with Gasteiger partial charge in [0.15, 0.2) is 0 Å². The molecular formula is C17H19ClN4O2. The third-order valence-electron chi connectivity index (χ3n) is 3.78. The maximum atomic E-state index is 12.4. The third kappa shape index (κ3) is 4.35. The number of halogens is 1. The predicted molar refractivity (Wildman–Crippen MR) is 92.5 cm³/mol. The van der Waals surface area contributed by atoms with Crippen LogP contribution in [0.1, 0.15) is 18.7 Å². The number of carbonyl (C=O) groups is 1. The Morgan fingerprint density at radius 1 is 1.42 bits per heavy atom. The number of piperidine rings is 1. The number of nitrogens with one attached hydrogen (secondary N) is 1. The van der Waals surface area contributed by atoms with Gasteiger partial charge in [0, 0.05) is 29.5 Å². The normalized spacial score (nSPS) is 17.4. The van der Waals surface area contributed by atoms with Crippen LogP contribution in [-0.4, -0.2) is 40.1 Å². The van der Waals surface area contributed by atoms with Crippen LogP contribution in [0, 0.1) is 6.92 Å². The van der Waals surface area contributed by atoms with Gasteiger partial charge >= 0.3 is 6.03 Å². The molecule has 1 aliphatic heterocycles. The number of likely N-dealkylation sites (tertiary alicyclic amines) is 1. The molecule has 24 heavy (non-hydrogen) atoms. The molecule has 0 unspecified atom stereocenters. The minimum atomic E-state index is -0.149. The molecule has 1 fully saturated rings. The lowest BCUT2D eigenvalue weighted by Gasteiger charge is -2.32. The van der Waals surface area contributed by atoms with Gasteiger partial charge < -0.3 is 15.0 Å². The number of nitrogens with zero attached hydrogens (tertiary/aromatic N) is 3. The fourth-order valence-corrected chi connectivity index (χ4v) is 2.85. The van der Waals surface area contributed by atoms with E-state index in [1.54, 1.807) is 35.4 Å². The number of carbonyl (C=O) groups excluding carboxylic acids is 1. The molecular weight excluding hydrogens is 328 g/mol. The number of aromatic nitrogens is 2. The number of benzene rings is 1. The Morgan fingerprint density at radius 2 is 2.29 bits per heavy atom. The topological polar surface area (TPSA) is 67.3 Å². The highest BCUT2D eigenvalue weighted by Gasteiger charge is 2.25. The lowest BCUT2D eigenvalue weighted by atomic mass is 10.1. The van der Waals surface area contributed by atoms with Crippen LogP contribution >= 0.6 is 11.6 Å². The molecule has 1 aromatic heterocycles. The van der Waals surface area contributed by atoms with Crippen LogP contribution in [0.5, 0.6) is 5.88 Å². The van der Waals surface area contributed by atoms with Crippen LogP contribution in [0.3, 0.4) is 0 Å². The van der Waals surface area contributed by atoms with Crippen molar-refractivity contribution in [3.05, 3.63) is 47.4 Å². The highest BCUT2D eigenvalue weighted by Crippen LogP contribution is 2.19. The Bertz CT molecular complexity index is 725. The molecule has 0 saturated carbocycles. The number of urea groups is 1. The molecule has 2 amide bonds. The zero-order valence-electron chi connectivity index (χ0n) is 13.4. The first kappa shape index (κ1) is 16.5. The molecule has 2 heterocycles. The number of hydrogen-bond acceptors (Lipinski definition) is 4. The standard InChI is InChI=1S/C17H19ClN4O2/c1-12-19-8-7-16(20-12)24-15-6-3-9-22(11-15)17(23)21-14-5-2-4-13(18)10-14/h2,4-5,7-8,10,15H,3,6,9,11H2,1H3,(H,21,23)/t15-/m0/s1. The maximum absolute atomic E-state index is 12.4. The van der Waals surface area contributed by atoms with Gasteiger partial charge in [-0.25, -0.2) is 9.78 Å². The average Bonchev–Trinajstić information content (AvgIpc) is 2.55. The van der Waals surface area contributed by atoms with Gasteiger partial charge in [0.1, 0.15) is 11.9 Å². The number of hydrogen-bond donors (Lipinski definition) is 1. The number of aryl methyl sites for hydroxylation is 1. The predicted octanol–water partition coefficient (Wildman–Crippen LogP) is 3.51. The molecule has 7 heteroatoms. The Hall–Kier alpha value is -2.34. The summed E-state index contributed by atoms with van der Waals surface area (Å²) in [6, 6.07) is 8.69. The van der Waals surface area contributed by atoms with E-state index >= 15 is 0 Å². The van der Waals surface area contributed by atoms with Crippen molar-refractivity contribution in [2.24, 2.45) is 0 Å². The molecule has 0 aliphatic carbocycles. The summed E-state index contributed by atoms with van der Waals surface area (Å²) < 4.78 is 5.89. The average molecular weight is 347 g/mol. The van der Waals surface area contributed by atoms with Crippen molar-refractivity contribution in [1.82, 2.24) is 14.9 Å². The number of rotatable bonds is 3. The zero-order valence-corrected chi connectivity index (χ0v) is 14.2. The summed E-state index contributed by atoms with van der Waals surface area (Å²) in [4.78, 5) is 22.5. The molecule has 1 N–H and O–H groups in total. The first-order chi connectivity index (χ1) is 11.6. The lowest BCUT2D eigenvalue weighted by Crippen LogP contribution is -2.46. The van der Waals surface area contributed by atoms with Crippen molar-refractivity contribution in [2.75, 3.05) is 18.4 Å². The zero-order chi connectivity index (χ0) is 16.9. The van der Waals surface area contributed by atoms with Gasteiger partial charge in [-0.2, -0.15) is 4.98 Å². The van der Waals surface area contributed by atoms with Gasteiger partial charge in [-0.05, 0) is 38.0 Å². The summed E-state index contributed by atoms with van der Waals surface area (Å²) in [5.41, 5.74) is 0.682. The Morgan fingerprint density at radius 3 is 3.08 bits per heavy atom. The van der Waals surface area contributed by atoms with Gasteiger partial charge in [0.05, 0.1) is 6.54 Å². The Kier molecular flexibility index (Phi) is 5.15. The smallest absolute Gasteiger partial charge is 0.321 e. The van der Waals surface area contributed by atoms with Crippen LogP contribution in [0.15, 0.2) is 36.5 Å². The Labute approximate surface area is 145 Å². The molecule has 1 aliphatic rings. The fraction of sp³-hybridized carbons (Fsp3) is 0.353. The van der Waals surface area contributed by atoms with Gasteiger partial charge in [-0.3, -0.25) is 0 Å². The lowest BCUT2D eigenvalue weighted by molar-refractivity contribution is 0.102. The van der Waals surface area contributed by atoms with Crippen LogP contribution < -0.4 is 10.1 Å². The largest absolute Gasteiger partial charge is 0.472 e. The first-order valence-electron chi connectivity index (χ1n) is 7.88. The van der Waals surface area contributed by atoms with Crippen LogP contribution in [0.25, 0.3) is 0 Å². The van der Waals surface area contributed by atoms with Crippen LogP contribution in [-0.2, 0) is 0 Å². The molecule has 2 aromatic rings. The van der Waals surface area contributed by atoms with E-state index in [9.17, 15) is 4.79 Å². The van der Waals surface area contributed by atoms with Crippen LogP contribution in [0.4, 0.5) is 10.5 Å². The van der Waals surface area contributed by atoms with Crippen LogP contribution in [0.2, 0.25) is 5.02 Å². The van der Waals surface area contributed by atoms with Crippen molar-refractivity contribution in [3.63, 3.8) is 0 Å². The second-order valence-electron chi connectivity index (χ2n) is 5.71. The van der Waals surface area contributed by atoms with E-state index in [4.69, 9.17) is 16.3 Å². The summed E-state index contributed by atoms with van der Waals surface area (Å²) in [5, 5.41) is 3.46. The molecule has 1 aromatic carbocycles. The van der Waals surface area contributed by atoms with Gasteiger partial charge in [0.25, 0.3) is 0 Å². The molecule has 0 radical (unpaired) electrons.